The molecule has 0 aliphatic rings. The summed E-state index contributed by atoms with van der Waals surface area (Å²) >= 11 is 7.24. The Morgan fingerprint density at radius 1 is 1.50 bits per heavy atom. The molecule has 1 heterocycles. The monoisotopic (exact) mass is 281 g/mol. The van der Waals surface area contributed by atoms with Gasteiger partial charge in [0.1, 0.15) is 5.01 Å². The van der Waals surface area contributed by atoms with Crippen LogP contribution in [0, 0.1) is 0 Å². The van der Waals surface area contributed by atoms with Gasteiger partial charge in [-0.25, -0.2) is 9.78 Å². The molecule has 0 fully saturated rings. The summed E-state index contributed by atoms with van der Waals surface area (Å²) in [7, 11) is 0. The zero-order valence-corrected chi connectivity index (χ0v) is 11.4. The third-order valence-electron chi connectivity index (χ3n) is 2.65. The van der Waals surface area contributed by atoms with Gasteiger partial charge in [0.2, 0.25) is 0 Å². The van der Waals surface area contributed by atoms with E-state index in [9.17, 15) is 4.79 Å². The van der Waals surface area contributed by atoms with E-state index in [4.69, 9.17) is 16.7 Å². The average Bonchev–Trinajstić information content (AvgIpc) is 2.86. The second kappa shape index (κ2) is 5.50. The van der Waals surface area contributed by atoms with Gasteiger partial charge in [-0.2, -0.15) is 0 Å². The van der Waals surface area contributed by atoms with Crippen molar-refractivity contribution in [2.45, 2.75) is 19.2 Å². The van der Waals surface area contributed by atoms with Crippen LogP contribution in [-0.2, 0) is 12.3 Å². The molecule has 0 spiro atoms. The molecule has 2 rings (SSSR count). The summed E-state index contributed by atoms with van der Waals surface area (Å²) in [6, 6.07) is 5.32. The van der Waals surface area contributed by atoms with Gasteiger partial charge in [0.25, 0.3) is 0 Å². The fourth-order valence-electron chi connectivity index (χ4n) is 1.73. The van der Waals surface area contributed by atoms with Crippen molar-refractivity contribution in [3.05, 3.63) is 40.4 Å². The van der Waals surface area contributed by atoms with E-state index in [-0.39, 0.29) is 0 Å². The minimum absolute atomic E-state index is 0.357. The van der Waals surface area contributed by atoms with E-state index in [1.807, 2.05) is 18.4 Å². The van der Waals surface area contributed by atoms with Gasteiger partial charge in [0, 0.05) is 10.9 Å². The highest BCUT2D eigenvalue weighted by molar-refractivity contribution is 7.13. The maximum atomic E-state index is 11.0. The predicted octanol–water partition coefficient (Wildman–Crippen LogP) is 3.81. The van der Waals surface area contributed by atoms with Gasteiger partial charge in [-0.05, 0) is 24.1 Å². The fourth-order valence-corrected chi connectivity index (χ4v) is 2.77. The van der Waals surface area contributed by atoms with Gasteiger partial charge in [0.15, 0.2) is 0 Å². The number of rotatable bonds is 4. The van der Waals surface area contributed by atoms with E-state index in [1.54, 1.807) is 12.1 Å². The normalized spacial score (nSPS) is 10.6. The van der Waals surface area contributed by atoms with Crippen molar-refractivity contribution < 1.29 is 9.90 Å². The van der Waals surface area contributed by atoms with Crippen LogP contribution in [0.1, 0.15) is 28.5 Å². The van der Waals surface area contributed by atoms with Crippen LogP contribution in [0.4, 0.5) is 0 Å². The third-order valence-corrected chi connectivity index (χ3v) is 3.87. The highest BCUT2D eigenvalue weighted by Gasteiger charge is 2.11. The first kappa shape index (κ1) is 13.1. The molecule has 0 bridgehead atoms. The number of halogens is 1. The molecule has 0 atom stereocenters. The number of hydrogen-bond acceptors (Lipinski definition) is 3. The molecule has 5 heteroatoms. The SMILES string of the molecule is CCc1cc(-c2nc(CCl)cs2)ccc1C(=O)O. The van der Waals surface area contributed by atoms with Crippen LogP contribution in [-0.4, -0.2) is 16.1 Å². The summed E-state index contributed by atoms with van der Waals surface area (Å²) in [4.78, 5) is 15.4. The Morgan fingerprint density at radius 3 is 2.83 bits per heavy atom. The highest BCUT2D eigenvalue weighted by atomic mass is 35.5. The van der Waals surface area contributed by atoms with E-state index in [1.165, 1.54) is 11.3 Å². The molecule has 3 nitrogen and oxygen atoms in total. The first-order valence-corrected chi connectivity index (χ1v) is 6.94. The minimum atomic E-state index is -0.890. The first-order chi connectivity index (χ1) is 8.65. The van der Waals surface area contributed by atoms with Crippen molar-refractivity contribution in [1.82, 2.24) is 4.98 Å². The molecule has 1 aromatic carbocycles. The van der Waals surface area contributed by atoms with E-state index in [0.29, 0.717) is 17.9 Å². The molecular weight excluding hydrogens is 270 g/mol. The van der Waals surface area contributed by atoms with Crippen molar-refractivity contribution in [1.29, 1.82) is 0 Å². The van der Waals surface area contributed by atoms with Crippen LogP contribution in [0.3, 0.4) is 0 Å². The predicted molar refractivity (Wildman–Crippen MR) is 73.4 cm³/mol. The number of aromatic carboxylic acids is 1. The van der Waals surface area contributed by atoms with Crippen molar-refractivity contribution in [2.24, 2.45) is 0 Å². The number of benzene rings is 1. The van der Waals surface area contributed by atoms with Crippen LogP contribution in [0.15, 0.2) is 23.6 Å². The van der Waals surface area contributed by atoms with E-state index in [2.05, 4.69) is 4.98 Å². The lowest BCUT2D eigenvalue weighted by Crippen LogP contribution is -2.01. The maximum absolute atomic E-state index is 11.0. The number of aryl methyl sites for hydroxylation is 1. The van der Waals surface area contributed by atoms with Gasteiger partial charge in [0.05, 0.1) is 17.1 Å². The number of nitrogens with zero attached hydrogens (tertiary/aromatic N) is 1. The molecule has 1 aromatic heterocycles. The number of carbonyl (C=O) groups is 1. The number of hydrogen-bond donors (Lipinski definition) is 1. The smallest absolute Gasteiger partial charge is 0.335 e. The zero-order chi connectivity index (χ0) is 13.1. The van der Waals surface area contributed by atoms with Crippen LogP contribution in [0.25, 0.3) is 10.6 Å². The summed E-state index contributed by atoms with van der Waals surface area (Å²) in [5, 5.41) is 11.9. The Bertz CT molecular complexity index is 580. The van der Waals surface area contributed by atoms with Crippen molar-refractivity contribution >= 4 is 28.9 Å². The average molecular weight is 282 g/mol. The first-order valence-electron chi connectivity index (χ1n) is 5.52. The van der Waals surface area contributed by atoms with Crippen molar-refractivity contribution in [2.75, 3.05) is 0 Å². The van der Waals surface area contributed by atoms with Crippen LogP contribution < -0.4 is 0 Å². The quantitative estimate of drug-likeness (QED) is 0.867. The number of carboxylic acid groups (broad SMARTS) is 1. The summed E-state index contributed by atoms with van der Waals surface area (Å²) in [5.41, 5.74) is 2.97. The van der Waals surface area contributed by atoms with Gasteiger partial charge < -0.3 is 5.11 Å². The lowest BCUT2D eigenvalue weighted by Gasteiger charge is -2.05. The van der Waals surface area contributed by atoms with Crippen LogP contribution in [0.2, 0.25) is 0 Å². The van der Waals surface area contributed by atoms with Gasteiger partial charge in [-0.3, -0.25) is 0 Å². The maximum Gasteiger partial charge on any atom is 0.335 e. The standard InChI is InChI=1S/C13H12ClNO2S/c1-2-8-5-9(3-4-11(8)13(16)17)12-15-10(6-14)7-18-12/h3-5,7H,2,6H2,1H3,(H,16,17). The molecule has 2 aromatic rings. The fraction of sp³-hybridized carbons (Fsp3) is 0.231. The lowest BCUT2D eigenvalue weighted by atomic mass is 10.0. The lowest BCUT2D eigenvalue weighted by molar-refractivity contribution is 0.0696. The second-order valence-electron chi connectivity index (χ2n) is 3.81. The van der Waals surface area contributed by atoms with Crippen LogP contribution in [0.5, 0.6) is 0 Å². The number of thiazole rings is 1. The second-order valence-corrected chi connectivity index (χ2v) is 4.93. The van der Waals surface area contributed by atoms with E-state index >= 15 is 0 Å². The Hall–Kier alpha value is -1.39. The Labute approximate surface area is 114 Å². The van der Waals surface area contributed by atoms with E-state index in [0.717, 1.165) is 21.8 Å². The van der Waals surface area contributed by atoms with Gasteiger partial charge in [-0.1, -0.05) is 13.0 Å². The number of alkyl halides is 1. The Kier molecular flexibility index (Phi) is 3.99. The molecule has 0 radical (unpaired) electrons. The summed E-state index contributed by atoms with van der Waals surface area (Å²) < 4.78 is 0. The summed E-state index contributed by atoms with van der Waals surface area (Å²) in [6.07, 6.45) is 0.684. The molecule has 0 saturated heterocycles. The summed E-state index contributed by atoms with van der Waals surface area (Å²) in [6.45, 7) is 1.94. The largest absolute Gasteiger partial charge is 0.478 e. The molecule has 94 valence electrons. The van der Waals surface area contributed by atoms with E-state index < -0.39 is 5.97 Å². The molecule has 1 N–H and O–H groups in total. The molecule has 0 saturated carbocycles. The number of aromatic nitrogens is 1. The molecule has 18 heavy (non-hydrogen) atoms. The highest BCUT2D eigenvalue weighted by Crippen LogP contribution is 2.26. The Morgan fingerprint density at radius 2 is 2.28 bits per heavy atom. The Balaban J connectivity index is 2.43. The third kappa shape index (κ3) is 2.54. The van der Waals surface area contributed by atoms with Crippen LogP contribution >= 0.6 is 22.9 Å². The zero-order valence-electron chi connectivity index (χ0n) is 9.81. The minimum Gasteiger partial charge on any atom is -0.478 e. The molecule has 0 aliphatic carbocycles. The van der Waals surface area contributed by atoms with Gasteiger partial charge in [-0.15, -0.1) is 22.9 Å². The molecular formula is C13H12ClNO2S. The van der Waals surface area contributed by atoms with Crippen molar-refractivity contribution in [3.63, 3.8) is 0 Å². The molecule has 0 amide bonds. The molecule has 0 aliphatic heterocycles. The topological polar surface area (TPSA) is 50.2 Å². The van der Waals surface area contributed by atoms with Crippen molar-refractivity contribution in [3.8, 4) is 10.6 Å². The van der Waals surface area contributed by atoms with Gasteiger partial charge >= 0.3 is 5.97 Å². The summed E-state index contributed by atoms with van der Waals surface area (Å²) in [5.74, 6) is -0.497. The molecule has 0 unspecified atom stereocenters. The number of carboxylic acids is 1.